The molecule has 0 radical (unpaired) electrons. The van der Waals surface area contributed by atoms with Gasteiger partial charge in [0, 0.05) is 23.6 Å². The smallest absolute Gasteiger partial charge is 0.478 e. The zero-order valence-electron chi connectivity index (χ0n) is 8.09. The number of aromatic carboxylic acids is 1. The van der Waals surface area contributed by atoms with Gasteiger partial charge in [0.15, 0.2) is 0 Å². The van der Waals surface area contributed by atoms with E-state index in [1.807, 2.05) is 0 Å². The van der Waals surface area contributed by atoms with Crippen LogP contribution in [0.3, 0.4) is 0 Å². The first-order chi connectivity index (χ1) is 6.85. The molecule has 9 heteroatoms. The summed E-state index contributed by atoms with van der Waals surface area (Å²) >= 11 is 10.2. The van der Waals surface area contributed by atoms with Gasteiger partial charge < -0.3 is 5.11 Å². The van der Waals surface area contributed by atoms with E-state index in [4.69, 9.17) is 28.7 Å². The molecule has 0 aliphatic carbocycles. The Kier molecular flexibility index (Phi) is 6.27. The summed E-state index contributed by atoms with van der Waals surface area (Å²) in [5.74, 6) is -1.15. The molecular formula is C7H5Cl2NNaO4S+. The number of benzene rings is 1. The molecule has 16 heavy (non-hydrogen) atoms. The quantitative estimate of drug-likeness (QED) is 0.554. The van der Waals surface area contributed by atoms with E-state index >= 15 is 0 Å². The molecule has 0 bridgehead atoms. The zero-order chi connectivity index (χ0) is 11.6. The second-order valence-electron chi connectivity index (χ2n) is 2.51. The molecule has 1 rings (SSSR count). The Balaban J connectivity index is 0.00000225. The minimum Gasteiger partial charge on any atom is -0.478 e. The van der Waals surface area contributed by atoms with Gasteiger partial charge in [0.1, 0.15) is 0 Å². The SMILES string of the molecule is O=C(O)c1ccc(S(=O)(=O)N(Cl)Cl)cc1.[Na+]. The third kappa shape index (κ3) is 3.59. The van der Waals surface area contributed by atoms with E-state index in [0.29, 0.717) is 0 Å². The summed E-state index contributed by atoms with van der Waals surface area (Å²) in [7, 11) is -3.95. The van der Waals surface area contributed by atoms with Crippen LogP contribution in [-0.2, 0) is 10.0 Å². The van der Waals surface area contributed by atoms with Crippen LogP contribution in [0.2, 0.25) is 0 Å². The number of carboxylic acids is 1. The van der Waals surface area contributed by atoms with Crippen molar-refractivity contribution in [3.63, 3.8) is 0 Å². The fourth-order valence-electron chi connectivity index (χ4n) is 0.849. The molecule has 1 N–H and O–H groups in total. The Morgan fingerprint density at radius 1 is 1.19 bits per heavy atom. The molecule has 0 spiro atoms. The summed E-state index contributed by atoms with van der Waals surface area (Å²) < 4.78 is 22.7. The molecule has 1 aromatic carbocycles. The van der Waals surface area contributed by atoms with Crippen LogP contribution in [0.5, 0.6) is 0 Å². The van der Waals surface area contributed by atoms with Crippen molar-refractivity contribution < 1.29 is 47.9 Å². The Hall–Kier alpha value is 0.180. The normalized spacial score (nSPS) is 10.9. The molecule has 0 atom stereocenters. The van der Waals surface area contributed by atoms with Crippen molar-refractivity contribution in [1.82, 2.24) is 3.34 Å². The number of halogens is 2. The van der Waals surface area contributed by atoms with Crippen molar-refractivity contribution in [2.45, 2.75) is 4.90 Å². The second-order valence-corrected chi connectivity index (χ2v) is 5.54. The summed E-state index contributed by atoms with van der Waals surface area (Å²) in [5, 5.41) is 8.58. The standard InChI is InChI=1S/C7H5Cl2NO4S.Na/c8-10(9)15(13,14)6-3-1-5(2-4-6)7(11)12;/h1-4H,(H,11,12);/q;+1. The minimum atomic E-state index is -3.95. The van der Waals surface area contributed by atoms with Crippen LogP contribution in [-0.4, -0.2) is 22.8 Å². The Bertz CT molecular complexity index is 474. The van der Waals surface area contributed by atoms with Crippen molar-refractivity contribution in [3.8, 4) is 0 Å². The molecule has 0 heterocycles. The van der Waals surface area contributed by atoms with Crippen LogP contribution in [0.15, 0.2) is 29.2 Å². The summed E-state index contributed by atoms with van der Waals surface area (Å²) in [4.78, 5) is 10.3. The third-order valence-corrected chi connectivity index (χ3v) is 3.90. The second kappa shape index (κ2) is 6.20. The van der Waals surface area contributed by atoms with Crippen molar-refractivity contribution in [3.05, 3.63) is 29.8 Å². The first-order valence-corrected chi connectivity index (χ1v) is 5.67. The molecule has 5 nitrogen and oxygen atoms in total. The van der Waals surface area contributed by atoms with Crippen molar-refractivity contribution in [2.24, 2.45) is 0 Å². The van der Waals surface area contributed by atoms with Gasteiger partial charge in [-0.1, -0.05) is 0 Å². The third-order valence-electron chi connectivity index (χ3n) is 1.58. The first kappa shape index (κ1) is 16.2. The van der Waals surface area contributed by atoms with Gasteiger partial charge in [-0.05, 0) is 27.6 Å². The van der Waals surface area contributed by atoms with Gasteiger partial charge in [-0.3, -0.25) is 0 Å². The van der Waals surface area contributed by atoms with Gasteiger partial charge in [-0.25, -0.2) is 13.2 Å². The van der Waals surface area contributed by atoms with E-state index in [9.17, 15) is 13.2 Å². The van der Waals surface area contributed by atoms with E-state index < -0.39 is 16.0 Å². The number of carbonyl (C=O) groups is 1. The number of nitrogens with zero attached hydrogens (tertiary/aromatic N) is 1. The van der Waals surface area contributed by atoms with Gasteiger partial charge in [-0.15, -0.1) is 0 Å². The summed E-state index contributed by atoms with van der Waals surface area (Å²) in [6, 6.07) is 4.51. The Labute approximate surface area is 125 Å². The van der Waals surface area contributed by atoms with E-state index in [-0.39, 0.29) is 43.4 Å². The number of sulfonamides is 1. The molecule has 0 saturated carbocycles. The fraction of sp³-hybridized carbons (Fsp3) is 0. The number of hydrogen-bond donors (Lipinski definition) is 1. The molecule has 0 saturated heterocycles. The molecule has 0 fully saturated rings. The van der Waals surface area contributed by atoms with Gasteiger partial charge in [0.25, 0.3) is 10.0 Å². The molecule has 82 valence electrons. The molecule has 0 amide bonds. The van der Waals surface area contributed by atoms with Crippen LogP contribution in [0, 0.1) is 0 Å². The maximum atomic E-state index is 11.3. The van der Waals surface area contributed by atoms with E-state index in [1.54, 1.807) is 0 Å². The van der Waals surface area contributed by atoms with Gasteiger partial charge in [-0.2, -0.15) is 0 Å². The molecule has 0 aliphatic rings. The van der Waals surface area contributed by atoms with Crippen LogP contribution >= 0.6 is 23.6 Å². The molecule has 0 aliphatic heterocycles. The maximum Gasteiger partial charge on any atom is 1.00 e. The zero-order valence-corrected chi connectivity index (χ0v) is 12.4. The molecule has 1 aromatic rings. The van der Waals surface area contributed by atoms with Gasteiger partial charge in [0.05, 0.1) is 10.5 Å². The van der Waals surface area contributed by atoms with Crippen LogP contribution < -0.4 is 29.6 Å². The molecule has 0 unspecified atom stereocenters. The van der Waals surface area contributed by atoms with E-state index in [0.717, 1.165) is 24.3 Å². The first-order valence-electron chi connectivity index (χ1n) is 3.56. The fourth-order valence-corrected chi connectivity index (χ4v) is 1.97. The summed E-state index contributed by atoms with van der Waals surface area (Å²) in [6.45, 7) is 0. The van der Waals surface area contributed by atoms with E-state index in [1.165, 1.54) is 0 Å². The largest absolute Gasteiger partial charge is 1.00 e. The summed E-state index contributed by atoms with van der Waals surface area (Å²) in [6.07, 6.45) is 0. The van der Waals surface area contributed by atoms with Crippen LogP contribution in [0.25, 0.3) is 0 Å². The predicted molar refractivity (Wildman–Crippen MR) is 54.1 cm³/mol. The predicted octanol–water partition coefficient (Wildman–Crippen LogP) is -1.31. The van der Waals surface area contributed by atoms with Crippen molar-refractivity contribution >= 4 is 39.5 Å². The van der Waals surface area contributed by atoms with Gasteiger partial charge in [0.2, 0.25) is 0 Å². The monoisotopic (exact) mass is 292 g/mol. The minimum absolute atomic E-state index is 0. The topological polar surface area (TPSA) is 74.7 Å². The van der Waals surface area contributed by atoms with Crippen LogP contribution in [0.4, 0.5) is 0 Å². The number of rotatable bonds is 3. The number of hydrogen-bond acceptors (Lipinski definition) is 3. The van der Waals surface area contributed by atoms with Gasteiger partial charge >= 0.3 is 35.5 Å². The Morgan fingerprint density at radius 3 is 1.94 bits per heavy atom. The average molecular weight is 293 g/mol. The van der Waals surface area contributed by atoms with Crippen molar-refractivity contribution in [2.75, 3.05) is 0 Å². The molecular weight excluding hydrogens is 288 g/mol. The maximum absolute atomic E-state index is 11.3. The number of carboxylic acid groups (broad SMARTS) is 1. The summed E-state index contributed by atoms with van der Waals surface area (Å²) in [5.41, 5.74) is -0.0235. The average Bonchev–Trinajstić information content (AvgIpc) is 2.17. The Morgan fingerprint density at radius 2 is 1.62 bits per heavy atom. The van der Waals surface area contributed by atoms with E-state index in [2.05, 4.69) is 0 Å². The molecule has 0 aromatic heterocycles. The van der Waals surface area contributed by atoms with Crippen LogP contribution in [0.1, 0.15) is 10.4 Å². The van der Waals surface area contributed by atoms with Crippen molar-refractivity contribution in [1.29, 1.82) is 0 Å².